The number of carboxylic acids is 3. The predicted octanol–water partition coefficient (Wildman–Crippen LogP) is -2.84. The molecule has 0 aliphatic heterocycles. The van der Waals surface area contributed by atoms with E-state index in [4.69, 9.17) is 9.47 Å². The molecule has 0 heterocycles. The van der Waals surface area contributed by atoms with E-state index < -0.39 is 62.1 Å². The number of carbonyl (C=O) groups is 4. The van der Waals surface area contributed by atoms with Crippen LogP contribution in [0.15, 0.2) is 24.3 Å². The Hall–Kier alpha value is -3.18. The fraction of sp³-hybridized carbons (Fsp3) is 0.545. The van der Waals surface area contributed by atoms with Gasteiger partial charge in [-0.3, -0.25) is 14.6 Å². The Morgan fingerprint density at radius 1 is 0.788 bits per heavy atom. The second-order valence-corrected chi connectivity index (χ2v) is 7.72. The van der Waals surface area contributed by atoms with Crippen molar-refractivity contribution in [2.24, 2.45) is 0 Å². The average Bonchev–Trinajstić information content (AvgIpc) is 2.73. The molecule has 0 amide bonds. The van der Waals surface area contributed by atoms with E-state index in [1.54, 1.807) is 12.1 Å². The SMILES string of the molecule is CCOc1ccc(OC(=O)CN(CC(=O)[O-])[C@H]2CCCC[C@@H]2N(CC(=O)[O-])CC(=O)[O-])cc1. The number of rotatable bonds is 13. The highest BCUT2D eigenvalue weighted by Gasteiger charge is 2.35. The van der Waals surface area contributed by atoms with Crippen LogP contribution >= 0.6 is 0 Å². The summed E-state index contributed by atoms with van der Waals surface area (Å²) in [5, 5.41) is 33.7. The van der Waals surface area contributed by atoms with Crippen LogP contribution in [0.3, 0.4) is 0 Å². The summed E-state index contributed by atoms with van der Waals surface area (Å²) in [6, 6.07) is 5.09. The zero-order chi connectivity index (χ0) is 24.4. The third kappa shape index (κ3) is 8.70. The van der Waals surface area contributed by atoms with Crippen LogP contribution in [-0.2, 0) is 19.2 Å². The van der Waals surface area contributed by atoms with Crippen molar-refractivity contribution in [2.75, 3.05) is 32.8 Å². The molecule has 1 aliphatic rings. The first kappa shape index (κ1) is 26.1. The van der Waals surface area contributed by atoms with E-state index >= 15 is 0 Å². The number of aliphatic carboxylic acids is 3. The summed E-state index contributed by atoms with van der Waals surface area (Å²) in [5.74, 6) is -4.26. The number of carboxylic acid groups (broad SMARTS) is 3. The lowest BCUT2D eigenvalue weighted by molar-refractivity contribution is -0.313. The lowest BCUT2D eigenvalue weighted by Gasteiger charge is -2.45. The van der Waals surface area contributed by atoms with Gasteiger partial charge in [0.25, 0.3) is 0 Å². The summed E-state index contributed by atoms with van der Waals surface area (Å²) >= 11 is 0. The van der Waals surface area contributed by atoms with Crippen LogP contribution < -0.4 is 24.8 Å². The Balaban J connectivity index is 2.17. The lowest BCUT2D eigenvalue weighted by Crippen LogP contribution is -2.59. The largest absolute Gasteiger partial charge is 0.549 e. The maximum Gasteiger partial charge on any atom is 0.325 e. The van der Waals surface area contributed by atoms with Crippen molar-refractivity contribution in [1.82, 2.24) is 9.80 Å². The molecule has 0 aromatic heterocycles. The number of benzene rings is 1. The molecule has 1 aliphatic carbocycles. The first-order valence-electron chi connectivity index (χ1n) is 10.7. The molecule has 0 radical (unpaired) electrons. The molecule has 1 aromatic carbocycles. The highest BCUT2D eigenvalue weighted by molar-refractivity contribution is 5.76. The van der Waals surface area contributed by atoms with E-state index in [1.165, 1.54) is 21.9 Å². The summed E-state index contributed by atoms with van der Waals surface area (Å²) < 4.78 is 10.6. The number of nitrogens with zero attached hydrogens (tertiary/aromatic N) is 2. The summed E-state index contributed by atoms with van der Waals surface area (Å²) in [4.78, 5) is 48.8. The lowest BCUT2D eigenvalue weighted by atomic mass is 9.87. The third-order valence-electron chi connectivity index (χ3n) is 5.33. The molecule has 2 rings (SSSR count). The van der Waals surface area contributed by atoms with Gasteiger partial charge in [-0.05, 0) is 44.0 Å². The van der Waals surface area contributed by atoms with Crippen molar-refractivity contribution in [3.63, 3.8) is 0 Å². The van der Waals surface area contributed by atoms with Gasteiger partial charge in [0.2, 0.25) is 0 Å². The molecule has 0 spiro atoms. The van der Waals surface area contributed by atoms with Gasteiger partial charge in [0.05, 0.1) is 31.1 Å². The van der Waals surface area contributed by atoms with Gasteiger partial charge in [-0.25, -0.2) is 0 Å². The van der Waals surface area contributed by atoms with E-state index in [-0.39, 0.29) is 5.75 Å². The van der Waals surface area contributed by atoms with Crippen LogP contribution in [-0.4, -0.2) is 78.5 Å². The maximum absolute atomic E-state index is 12.6. The monoisotopic (exact) mass is 463 g/mol. The van der Waals surface area contributed by atoms with Crippen LogP contribution in [0.5, 0.6) is 11.5 Å². The molecule has 2 atom stereocenters. The summed E-state index contributed by atoms with van der Waals surface area (Å²) in [6.07, 6.45) is 2.24. The summed E-state index contributed by atoms with van der Waals surface area (Å²) in [7, 11) is 0. The first-order chi connectivity index (χ1) is 15.7. The zero-order valence-corrected chi connectivity index (χ0v) is 18.4. The second-order valence-electron chi connectivity index (χ2n) is 7.72. The molecule has 1 saturated carbocycles. The first-order valence-corrected chi connectivity index (χ1v) is 10.7. The Morgan fingerprint density at radius 3 is 1.64 bits per heavy atom. The van der Waals surface area contributed by atoms with Gasteiger partial charge in [-0.1, -0.05) is 12.8 Å². The van der Waals surface area contributed by atoms with Gasteiger partial charge in [-0.2, -0.15) is 0 Å². The second kappa shape index (κ2) is 12.8. The highest BCUT2D eigenvalue weighted by atomic mass is 16.5. The molecule has 0 N–H and O–H groups in total. The van der Waals surface area contributed by atoms with Gasteiger partial charge < -0.3 is 39.2 Å². The quantitative estimate of drug-likeness (QED) is 0.219. The molecule has 0 saturated heterocycles. The van der Waals surface area contributed by atoms with Crippen molar-refractivity contribution in [3.05, 3.63) is 24.3 Å². The Kier molecular flexibility index (Phi) is 10.1. The highest BCUT2D eigenvalue weighted by Crippen LogP contribution is 2.27. The van der Waals surface area contributed by atoms with E-state index in [2.05, 4.69) is 0 Å². The molecule has 1 fully saturated rings. The summed E-state index contributed by atoms with van der Waals surface area (Å²) in [5.41, 5.74) is 0. The number of esters is 1. The molecular weight excluding hydrogens is 436 g/mol. The van der Waals surface area contributed by atoms with Crippen LogP contribution in [0.4, 0.5) is 0 Å². The van der Waals surface area contributed by atoms with Gasteiger partial charge in [-0.15, -0.1) is 0 Å². The van der Waals surface area contributed by atoms with Crippen molar-refractivity contribution in [1.29, 1.82) is 0 Å². The molecule has 11 nitrogen and oxygen atoms in total. The standard InChI is InChI=1S/C22H30N2O9/c1-2-32-15-7-9-16(10-8-15)33-22(31)14-24(13-21(29)30)18-6-4-3-5-17(18)23(11-19(25)26)12-20(27)28/h7-10,17-18H,2-6,11-14H2,1H3,(H,25,26)(H,27,28)(H,29,30)/p-3/t17-,18-/m0/s1. The van der Waals surface area contributed by atoms with Crippen molar-refractivity contribution in [3.8, 4) is 11.5 Å². The van der Waals surface area contributed by atoms with Crippen LogP contribution in [0.25, 0.3) is 0 Å². The number of hydrogen-bond acceptors (Lipinski definition) is 11. The van der Waals surface area contributed by atoms with Crippen LogP contribution in [0.1, 0.15) is 32.6 Å². The molecule has 0 bridgehead atoms. The van der Waals surface area contributed by atoms with Crippen molar-refractivity contribution in [2.45, 2.75) is 44.7 Å². The topological polar surface area (TPSA) is 162 Å². The Morgan fingerprint density at radius 2 is 1.21 bits per heavy atom. The molecule has 1 aromatic rings. The number of carbonyl (C=O) groups excluding carboxylic acids is 4. The van der Waals surface area contributed by atoms with E-state index in [0.29, 0.717) is 38.0 Å². The van der Waals surface area contributed by atoms with Crippen molar-refractivity contribution >= 4 is 23.9 Å². The fourth-order valence-electron chi connectivity index (χ4n) is 4.12. The van der Waals surface area contributed by atoms with Gasteiger partial charge >= 0.3 is 5.97 Å². The van der Waals surface area contributed by atoms with Gasteiger partial charge in [0.15, 0.2) is 0 Å². The number of hydrogen-bond donors (Lipinski definition) is 0. The Bertz CT molecular complexity index is 812. The van der Waals surface area contributed by atoms with Gasteiger partial charge in [0, 0.05) is 31.7 Å². The van der Waals surface area contributed by atoms with E-state index in [9.17, 15) is 34.5 Å². The predicted molar refractivity (Wildman–Crippen MR) is 107 cm³/mol. The minimum atomic E-state index is -1.47. The molecule has 182 valence electrons. The van der Waals surface area contributed by atoms with Crippen LogP contribution in [0.2, 0.25) is 0 Å². The van der Waals surface area contributed by atoms with Gasteiger partial charge in [0.1, 0.15) is 11.5 Å². The average molecular weight is 463 g/mol. The molecule has 0 unspecified atom stereocenters. The maximum atomic E-state index is 12.6. The molecular formula is C22H27N2O9-3. The van der Waals surface area contributed by atoms with Crippen LogP contribution in [0, 0.1) is 0 Å². The summed E-state index contributed by atoms with van der Waals surface area (Å²) in [6.45, 7) is -0.0288. The zero-order valence-electron chi connectivity index (χ0n) is 18.4. The fourth-order valence-corrected chi connectivity index (χ4v) is 4.12. The Labute approximate surface area is 191 Å². The normalized spacial score (nSPS) is 18.2. The third-order valence-corrected chi connectivity index (χ3v) is 5.33. The minimum absolute atomic E-state index is 0.243. The van der Waals surface area contributed by atoms with E-state index in [1.807, 2.05) is 6.92 Å². The molecule has 11 heteroatoms. The minimum Gasteiger partial charge on any atom is -0.549 e. The van der Waals surface area contributed by atoms with Crippen molar-refractivity contribution < 1.29 is 44.0 Å². The molecule has 33 heavy (non-hydrogen) atoms. The van der Waals surface area contributed by atoms with E-state index in [0.717, 1.165) is 0 Å². The smallest absolute Gasteiger partial charge is 0.325 e. The number of ether oxygens (including phenoxy) is 2.